The summed E-state index contributed by atoms with van der Waals surface area (Å²) in [6.45, 7) is 5.77. The van der Waals surface area contributed by atoms with E-state index in [0.29, 0.717) is 24.6 Å². The van der Waals surface area contributed by atoms with Gasteiger partial charge in [0.25, 0.3) is 5.91 Å². The molecule has 1 fully saturated rings. The van der Waals surface area contributed by atoms with E-state index in [0.717, 1.165) is 19.4 Å². The molecular weight excluding hydrogens is 350 g/mol. The first-order chi connectivity index (χ1) is 10.9. The number of carbonyl (C=O) groups is 1. The lowest BCUT2D eigenvalue weighted by Gasteiger charge is -2.13. The molecule has 0 spiro atoms. The molecule has 8 heteroatoms. The second-order valence-corrected chi connectivity index (χ2v) is 7.76. The van der Waals surface area contributed by atoms with Gasteiger partial charge in [0.05, 0.1) is 4.90 Å². The van der Waals surface area contributed by atoms with Crippen LogP contribution in [0.2, 0.25) is 0 Å². The van der Waals surface area contributed by atoms with Crippen LogP contribution in [-0.2, 0) is 10.0 Å². The van der Waals surface area contributed by atoms with E-state index in [2.05, 4.69) is 15.4 Å². The number of hydrogen-bond acceptors (Lipinski definition) is 4. The third-order valence-electron chi connectivity index (χ3n) is 3.79. The van der Waals surface area contributed by atoms with Crippen LogP contribution in [0.5, 0.6) is 0 Å². The van der Waals surface area contributed by atoms with E-state index < -0.39 is 10.0 Å². The third-order valence-corrected chi connectivity index (χ3v) is 5.21. The molecule has 0 heterocycles. The number of nitrogens with one attached hydrogen (secondary N) is 3. The molecule has 1 aliphatic rings. The van der Waals surface area contributed by atoms with Gasteiger partial charge >= 0.3 is 0 Å². The summed E-state index contributed by atoms with van der Waals surface area (Å²) in [5.74, 6) is 0.192. The number of hydrogen-bond donors (Lipinski definition) is 3. The Morgan fingerprint density at radius 3 is 2.67 bits per heavy atom. The van der Waals surface area contributed by atoms with Crippen LogP contribution in [0.3, 0.4) is 0 Å². The minimum atomic E-state index is -3.55. The normalized spacial score (nSPS) is 15.4. The molecule has 0 bridgehead atoms. The van der Waals surface area contributed by atoms with E-state index in [1.54, 1.807) is 12.1 Å². The fourth-order valence-electron chi connectivity index (χ4n) is 2.21. The molecule has 6 nitrogen and oxygen atoms in total. The SMILES string of the molecule is CCN[C@H](C)CNC(=O)c1cccc(S(=O)(=O)NCC2CC2)c1.Cl. The largest absolute Gasteiger partial charge is 0.350 e. The van der Waals surface area contributed by atoms with Crippen molar-refractivity contribution in [2.45, 2.75) is 37.6 Å². The molecule has 24 heavy (non-hydrogen) atoms. The van der Waals surface area contributed by atoms with Gasteiger partial charge in [-0.05, 0) is 50.4 Å². The van der Waals surface area contributed by atoms with Crippen molar-refractivity contribution in [1.82, 2.24) is 15.4 Å². The zero-order chi connectivity index (χ0) is 16.9. The zero-order valence-electron chi connectivity index (χ0n) is 14.0. The van der Waals surface area contributed by atoms with Gasteiger partial charge in [0, 0.05) is 24.7 Å². The number of amides is 1. The van der Waals surface area contributed by atoms with Crippen LogP contribution in [0.1, 0.15) is 37.0 Å². The molecule has 0 saturated heterocycles. The Hall–Kier alpha value is -1.15. The van der Waals surface area contributed by atoms with Crippen molar-refractivity contribution >= 4 is 28.3 Å². The maximum absolute atomic E-state index is 12.2. The molecule has 0 radical (unpaired) electrons. The van der Waals surface area contributed by atoms with Gasteiger partial charge in [-0.2, -0.15) is 0 Å². The Kier molecular flexibility index (Phi) is 8.15. The Labute approximate surface area is 150 Å². The van der Waals surface area contributed by atoms with Crippen molar-refractivity contribution in [3.63, 3.8) is 0 Å². The Bertz CT molecular complexity index is 648. The highest BCUT2D eigenvalue weighted by molar-refractivity contribution is 7.89. The van der Waals surface area contributed by atoms with Gasteiger partial charge in [0.2, 0.25) is 10.0 Å². The van der Waals surface area contributed by atoms with E-state index in [1.807, 2.05) is 13.8 Å². The van der Waals surface area contributed by atoms with E-state index in [9.17, 15) is 13.2 Å². The van der Waals surface area contributed by atoms with Gasteiger partial charge in [0.15, 0.2) is 0 Å². The van der Waals surface area contributed by atoms with Gasteiger partial charge in [-0.3, -0.25) is 4.79 Å². The van der Waals surface area contributed by atoms with Crippen LogP contribution in [-0.4, -0.2) is 40.0 Å². The summed E-state index contributed by atoms with van der Waals surface area (Å²) in [6.07, 6.45) is 2.16. The molecule has 1 atom stereocenters. The number of sulfonamides is 1. The van der Waals surface area contributed by atoms with Crippen molar-refractivity contribution in [2.24, 2.45) is 5.92 Å². The fraction of sp³-hybridized carbons (Fsp3) is 0.562. The average Bonchev–Trinajstić information content (AvgIpc) is 3.35. The highest BCUT2D eigenvalue weighted by Crippen LogP contribution is 2.28. The summed E-state index contributed by atoms with van der Waals surface area (Å²) in [6, 6.07) is 6.30. The van der Waals surface area contributed by atoms with Crippen molar-refractivity contribution in [2.75, 3.05) is 19.6 Å². The van der Waals surface area contributed by atoms with Gasteiger partial charge in [-0.1, -0.05) is 13.0 Å². The Morgan fingerprint density at radius 2 is 2.04 bits per heavy atom. The predicted octanol–water partition coefficient (Wildman–Crippen LogP) is 1.52. The highest BCUT2D eigenvalue weighted by Gasteiger charge is 2.24. The van der Waals surface area contributed by atoms with Crippen LogP contribution in [0.4, 0.5) is 0 Å². The molecule has 1 aromatic rings. The van der Waals surface area contributed by atoms with E-state index in [4.69, 9.17) is 0 Å². The fourth-order valence-corrected chi connectivity index (χ4v) is 3.37. The standard InChI is InChI=1S/C16H25N3O3S.ClH/c1-3-17-12(2)10-18-16(20)14-5-4-6-15(9-14)23(21,22)19-11-13-7-8-13;/h4-6,9,12-13,17,19H,3,7-8,10-11H2,1-2H3,(H,18,20);1H/t12-;/m1./s1. The second kappa shape index (κ2) is 9.36. The number of likely N-dealkylation sites (N-methyl/N-ethyl adjacent to an activating group) is 1. The molecule has 3 N–H and O–H groups in total. The van der Waals surface area contributed by atoms with Gasteiger partial charge < -0.3 is 10.6 Å². The van der Waals surface area contributed by atoms with Crippen molar-refractivity contribution < 1.29 is 13.2 Å². The average molecular weight is 376 g/mol. The summed E-state index contributed by atoms with van der Waals surface area (Å²) < 4.78 is 27.1. The van der Waals surface area contributed by atoms with Gasteiger partial charge in [0.1, 0.15) is 0 Å². The monoisotopic (exact) mass is 375 g/mol. The topological polar surface area (TPSA) is 87.3 Å². The highest BCUT2D eigenvalue weighted by atomic mass is 35.5. The molecule has 1 amide bonds. The minimum Gasteiger partial charge on any atom is -0.350 e. The number of halogens is 1. The molecule has 1 aromatic carbocycles. The summed E-state index contributed by atoms with van der Waals surface area (Å²) in [5.41, 5.74) is 0.350. The maximum atomic E-state index is 12.2. The first kappa shape index (κ1) is 20.9. The lowest BCUT2D eigenvalue weighted by atomic mass is 10.2. The quantitative estimate of drug-likeness (QED) is 0.610. The van der Waals surface area contributed by atoms with Crippen molar-refractivity contribution in [3.8, 4) is 0 Å². The maximum Gasteiger partial charge on any atom is 0.251 e. The van der Waals surface area contributed by atoms with Crippen molar-refractivity contribution in [1.29, 1.82) is 0 Å². The number of carbonyl (C=O) groups excluding carboxylic acids is 1. The summed E-state index contributed by atoms with van der Waals surface area (Å²) >= 11 is 0. The van der Waals surface area contributed by atoms with Crippen LogP contribution >= 0.6 is 12.4 Å². The molecule has 1 saturated carbocycles. The van der Waals surface area contributed by atoms with Gasteiger partial charge in [-0.25, -0.2) is 13.1 Å². The first-order valence-electron chi connectivity index (χ1n) is 8.03. The molecule has 0 unspecified atom stereocenters. The molecule has 0 aliphatic heterocycles. The van der Waals surface area contributed by atoms with E-state index in [1.165, 1.54) is 12.1 Å². The summed E-state index contributed by atoms with van der Waals surface area (Å²) in [4.78, 5) is 12.3. The Balaban J connectivity index is 0.00000288. The third kappa shape index (κ3) is 6.39. The van der Waals surface area contributed by atoms with Crippen molar-refractivity contribution in [3.05, 3.63) is 29.8 Å². The van der Waals surface area contributed by atoms with Crippen LogP contribution < -0.4 is 15.4 Å². The van der Waals surface area contributed by atoms with E-state index in [-0.39, 0.29) is 29.3 Å². The van der Waals surface area contributed by atoms with Gasteiger partial charge in [-0.15, -0.1) is 12.4 Å². The predicted molar refractivity (Wildman–Crippen MR) is 97.1 cm³/mol. The Morgan fingerprint density at radius 1 is 1.33 bits per heavy atom. The molecule has 1 aliphatic carbocycles. The molecule has 0 aromatic heterocycles. The smallest absolute Gasteiger partial charge is 0.251 e. The molecular formula is C16H26ClN3O3S. The van der Waals surface area contributed by atoms with Crippen LogP contribution in [0.15, 0.2) is 29.2 Å². The lowest BCUT2D eigenvalue weighted by molar-refractivity contribution is 0.0950. The van der Waals surface area contributed by atoms with Crippen LogP contribution in [0, 0.1) is 5.92 Å². The number of benzene rings is 1. The second-order valence-electron chi connectivity index (χ2n) is 5.99. The summed E-state index contributed by atoms with van der Waals surface area (Å²) in [7, 11) is -3.55. The zero-order valence-corrected chi connectivity index (χ0v) is 15.7. The summed E-state index contributed by atoms with van der Waals surface area (Å²) in [5, 5.41) is 6.01. The molecule has 136 valence electrons. The minimum absolute atomic E-state index is 0. The number of rotatable bonds is 9. The molecule has 2 rings (SSSR count). The first-order valence-corrected chi connectivity index (χ1v) is 9.52. The van der Waals surface area contributed by atoms with E-state index >= 15 is 0 Å². The van der Waals surface area contributed by atoms with Crippen LogP contribution in [0.25, 0.3) is 0 Å². The lowest BCUT2D eigenvalue weighted by Crippen LogP contribution is -2.38.